The monoisotopic (exact) mass is 244 g/mol. The third-order valence-corrected chi connectivity index (χ3v) is 3.42. The molecule has 0 bridgehead atoms. The average Bonchev–Trinajstić information content (AvgIpc) is 2.92. The van der Waals surface area contributed by atoms with E-state index >= 15 is 0 Å². The predicted molar refractivity (Wildman–Crippen MR) is 71.5 cm³/mol. The fourth-order valence-corrected chi connectivity index (χ4v) is 2.49. The molecule has 1 atom stereocenters. The molecular formula is C15H20N2O. The number of nitriles is 1. The zero-order valence-corrected chi connectivity index (χ0v) is 10.9. The van der Waals surface area contributed by atoms with Crippen molar-refractivity contribution in [2.45, 2.75) is 32.2 Å². The summed E-state index contributed by atoms with van der Waals surface area (Å²) in [5, 5.41) is 9.34. The maximum Gasteiger partial charge on any atom is 0.122 e. The van der Waals surface area contributed by atoms with Gasteiger partial charge in [-0.1, -0.05) is 18.2 Å². The zero-order chi connectivity index (χ0) is 12.8. The van der Waals surface area contributed by atoms with Crippen LogP contribution in [-0.2, 0) is 6.42 Å². The van der Waals surface area contributed by atoms with Crippen LogP contribution in [-0.4, -0.2) is 30.6 Å². The molecule has 0 aromatic heterocycles. The summed E-state index contributed by atoms with van der Waals surface area (Å²) in [5.41, 5.74) is 1.14. The maximum absolute atomic E-state index is 9.34. The van der Waals surface area contributed by atoms with E-state index in [1.807, 2.05) is 25.1 Å². The van der Waals surface area contributed by atoms with Crippen molar-refractivity contribution in [3.8, 4) is 11.8 Å². The van der Waals surface area contributed by atoms with Gasteiger partial charge in [0, 0.05) is 6.42 Å². The van der Waals surface area contributed by atoms with E-state index < -0.39 is 0 Å². The summed E-state index contributed by atoms with van der Waals surface area (Å²) in [6.45, 7) is 4.75. The molecule has 18 heavy (non-hydrogen) atoms. The van der Waals surface area contributed by atoms with Gasteiger partial charge in [0.05, 0.1) is 12.7 Å². The normalized spacial score (nSPS) is 17.3. The first-order valence-electron chi connectivity index (χ1n) is 6.69. The minimum Gasteiger partial charge on any atom is -0.494 e. The van der Waals surface area contributed by atoms with E-state index in [1.54, 1.807) is 0 Å². The lowest BCUT2D eigenvalue weighted by Gasteiger charge is -2.22. The molecule has 1 unspecified atom stereocenters. The number of benzene rings is 1. The molecule has 0 saturated carbocycles. The molecule has 1 aromatic rings. The van der Waals surface area contributed by atoms with Gasteiger partial charge in [-0.25, -0.2) is 0 Å². The Labute approximate surface area is 109 Å². The lowest BCUT2D eigenvalue weighted by atomic mass is 10.0. The highest BCUT2D eigenvalue weighted by atomic mass is 16.5. The van der Waals surface area contributed by atoms with Gasteiger partial charge >= 0.3 is 0 Å². The van der Waals surface area contributed by atoms with Gasteiger partial charge in [-0.15, -0.1) is 0 Å². The fourth-order valence-electron chi connectivity index (χ4n) is 2.49. The van der Waals surface area contributed by atoms with Crippen LogP contribution in [0.15, 0.2) is 24.3 Å². The number of hydrogen-bond acceptors (Lipinski definition) is 3. The Morgan fingerprint density at radius 2 is 2.06 bits per heavy atom. The summed E-state index contributed by atoms with van der Waals surface area (Å²) < 4.78 is 5.62. The van der Waals surface area contributed by atoms with Gasteiger partial charge in [0.1, 0.15) is 11.8 Å². The van der Waals surface area contributed by atoms with Crippen LogP contribution < -0.4 is 4.74 Å². The van der Waals surface area contributed by atoms with Crippen molar-refractivity contribution in [2.24, 2.45) is 0 Å². The minimum absolute atomic E-state index is 0.0193. The van der Waals surface area contributed by atoms with E-state index in [2.05, 4.69) is 17.0 Å². The van der Waals surface area contributed by atoms with Crippen molar-refractivity contribution in [3.63, 3.8) is 0 Å². The first kappa shape index (κ1) is 12.9. The molecule has 1 aliphatic heterocycles. The molecule has 3 heteroatoms. The van der Waals surface area contributed by atoms with Crippen LogP contribution in [0.3, 0.4) is 0 Å². The van der Waals surface area contributed by atoms with Crippen LogP contribution >= 0.6 is 0 Å². The molecule has 1 saturated heterocycles. The number of nitrogens with zero attached hydrogens (tertiary/aromatic N) is 2. The molecule has 1 aliphatic rings. The highest BCUT2D eigenvalue weighted by Crippen LogP contribution is 2.22. The second kappa shape index (κ2) is 6.42. The summed E-state index contributed by atoms with van der Waals surface area (Å²) >= 11 is 0. The van der Waals surface area contributed by atoms with E-state index in [0.29, 0.717) is 6.61 Å². The highest BCUT2D eigenvalue weighted by molar-refractivity contribution is 5.34. The van der Waals surface area contributed by atoms with E-state index in [1.165, 1.54) is 12.8 Å². The third kappa shape index (κ3) is 3.02. The van der Waals surface area contributed by atoms with Crippen LogP contribution in [0.4, 0.5) is 0 Å². The molecule has 3 nitrogen and oxygen atoms in total. The zero-order valence-electron chi connectivity index (χ0n) is 10.9. The van der Waals surface area contributed by atoms with Gasteiger partial charge in [0.15, 0.2) is 0 Å². The van der Waals surface area contributed by atoms with Gasteiger partial charge < -0.3 is 4.74 Å². The molecule has 0 amide bonds. The molecule has 2 rings (SSSR count). The molecule has 0 N–H and O–H groups in total. The number of para-hydroxylation sites is 1. The van der Waals surface area contributed by atoms with Crippen molar-refractivity contribution in [1.29, 1.82) is 5.26 Å². The maximum atomic E-state index is 9.34. The van der Waals surface area contributed by atoms with Crippen LogP contribution in [0, 0.1) is 11.3 Å². The van der Waals surface area contributed by atoms with Crippen molar-refractivity contribution < 1.29 is 4.74 Å². The van der Waals surface area contributed by atoms with Gasteiger partial charge in [-0.3, -0.25) is 4.90 Å². The molecular weight excluding hydrogens is 224 g/mol. The van der Waals surface area contributed by atoms with Gasteiger partial charge in [-0.2, -0.15) is 5.26 Å². The lowest BCUT2D eigenvalue weighted by Crippen LogP contribution is -2.33. The van der Waals surface area contributed by atoms with Gasteiger partial charge in [0.25, 0.3) is 0 Å². The van der Waals surface area contributed by atoms with Crippen molar-refractivity contribution in [2.75, 3.05) is 19.7 Å². The summed E-state index contributed by atoms with van der Waals surface area (Å²) in [5.74, 6) is 0.916. The fraction of sp³-hybridized carbons (Fsp3) is 0.533. The quantitative estimate of drug-likeness (QED) is 0.799. The summed E-state index contributed by atoms with van der Waals surface area (Å²) in [4.78, 5) is 2.28. The minimum atomic E-state index is -0.0193. The van der Waals surface area contributed by atoms with E-state index in [4.69, 9.17) is 4.74 Å². The predicted octanol–water partition coefficient (Wildman–Crippen LogP) is 2.62. The molecule has 0 spiro atoms. The Hall–Kier alpha value is -1.53. The largest absolute Gasteiger partial charge is 0.494 e. The second-order valence-electron chi connectivity index (χ2n) is 4.63. The number of ether oxygens (including phenoxy) is 1. The summed E-state index contributed by atoms with van der Waals surface area (Å²) in [6.07, 6.45) is 3.18. The van der Waals surface area contributed by atoms with Crippen molar-refractivity contribution in [3.05, 3.63) is 29.8 Å². The van der Waals surface area contributed by atoms with Crippen LogP contribution in [0.25, 0.3) is 0 Å². The first-order valence-corrected chi connectivity index (χ1v) is 6.69. The Kier molecular flexibility index (Phi) is 4.60. The Morgan fingerprint density at radius 1 is 1.33 bits per heavy atom. The van der Waals surface area contributed by atoms with Gasteiger partial charge in [0.2, 0.25) is 0 Å². The molecule has 1 fully saturated rings. The second-order valence-corrected chi connectivity index (χ2v) is 4.63. The molecule has 1 heterocycles. The summed E-state index contributed by atoms with van der Waals surface area (Å²) in [7, 11) is 0. The van der Waals surface area contributed by atoms with E-state index in [-0.39, 0.29) is 6.04 Å². The highest BCUT2D eigenvalue weighted by Gasteiger charge is 2.22. The Balaban J connectivity index is 2.09. The topological polar surface area (TPSA) is 36.3 Å². The van der Waals surface area contributed by atoms with E-state index in [9.17, 15) is 5.26 Å². The molecule has 0 radical (unpaired) electrons. The van der Waals surface area contributed by atoms with Crippen molar-refractivity contribution in [1.82, 2.24) is 4.90 Å². The van der Waals surface area contributed by atoms with Crippen molar-refractivity contribution >= 4 is 0 Å². The van der Waals surface area contributed by atoms with Crippen LogP contribution in [0.1, 0.15) is 25.3 Å². The van der Waals surface area contributed by atoms with Crippen LogP contribution in [0.2, 0.25) is 0 Å². The number of likely N-dealkylation sites (tertiary alicyclic amines) is 1. The molecule has 96 valence electrons. The Morgan fingerprint density at radius 3 is 2.72 bits per heavy atom. The number of rotatable bonds is 5. The first-order chi connectivity index (χ1) is 8.85. The van der Waals surface area contributed by atoms with E-state index in [0.717, 1.165) is 30.8 Å². The average molecular weight is 244 g/mol. The standard InChI is InChI=1S/C15H20N2O/c1-2-18-15-8-4-3-7-13(15)11-14(12-16)17-9-5-6-10-17/h3-4,7-8,14H,2,5-6,9-11H2,1H3. The lowest BCUT2D eigenvalue weighted by molar-refractivity contribution is 0.283. The smallest absolute Gasteiger partial charge is 0.122 e. The Bertz CT molecular complexity index is 419. The summed E-state index contributed by atoms with van der Waals surface area (Å²) in [6, 6.07) is 10.4. The third-order valence-electron chi connectivity index (χ3n) is 3.42. The van der Waals surface area contributed by atoms with Crippen LogP contribution in [0.5, 0.6) is 5.75 Å². The van der Waals surface area contributed by atoms with Gasteiger partial charge in [-0.05, 0) is 44.5 Å². The molecule has 0 aliphatic carbocycles. The number of hydrogen-bond donors (Lipinski definition) is 0. The SMILES string of the molecule is CCOc1ccccc1CC(C#N)N1CCCC1. The molecule has 1 aromatic carbocycles.